The van der Waals surface area contributed by atoms with Gasteiger partial charge in [0.05, 0.1) is 23.0 Å². The molecule has 0 bridgehead atoms. The number of hydrogen-bond donors (Lipinski definition) is 1. The molecule has 0 spiro atoms. The van der Waals surface area contributed by atoms with E-state index < -0.39 is 0 Å². The molecule has 0 aliphatic heterocycles. The van der Waals surface area contributed by atoms with Crippen molar-refractivity contribution in [1.29, 1.82) is 0 Å². The molecule has 108 valence electrons. The van der Waals surface area contributed by atoms with E-state index in [0.29, 0.717) is 5.02 Å². The van der Waals surface area contributed by atoms with Crippen LogP contribution in [0.25, 0.3) is 0 Å². The van der Waals surface area contributed by atoms with Crippen molar-refractivity contribution in [2.75, 3.05) is 7.05 Å². The van der Waals surface area contributed by atoms with Crippen molar-refractivity contribution in [2.24, 2.45) is 0 Å². The molecule has 0 amide bonds. The van der Waals surface area contributed by atoms with Crippen molar-refractivity contribution in [1.82, 2.24) is 15.1 Å². The molecule has 0 fully saturated rings. The van der Waals surface area contributed by atoms with E-state index in [1.165, 1.54) is 12.1 Å². The number of hydrogen-bond acceptors (Lipinski definition) is 2. The van der Waals surface area contributed by atoms with E-state index in [1.807, 2.05) is 11.7 Å². The maximum absolute atomic E-state index is 13.3. The Bertz CT molecular complexity index is 600. The molecule has 1 aromatic carbocycles. The van der Waals surface area contributed by atoms with Crippen molar-refractivity contribution in [3.63, 3.8) is 0 Å². The highest BCUT2D eigenvalue weighted by Crippen LogP contribution is 2.31. The van der Waals surface area contributed by atoms with Gasteiger partial charge in [-0.2, -0.15) is 5.10 Å². The summed E-state index contributed by atoms with van der Waals surface area (Å²) < 4.78 is 16.0. The first-order valence-corrected chi connectivity index (χ1v) is 7.87. The Morgan fingerprint density at radius 3 is 2.85 bits per heavy atom. The minimum Gasteiger partial charge on any atom is -0.308 e. The highest BCUT2D eigenvalue weighted by atomic mass is 127. The first-order valence-electron chi connectivity index (χ1n) is 6.41. The van der Waals surface area contributed by atoms with Gasteiger partial charge in [-0.1, -0.05) is 24.6 Å². The maximum atomic E-state index is 13.3. The van der Waals surface area contributed by atoms with Gasteiger partial charge in [0.2, 0.25) is 0 Å². The Morgan fingerprint density at radius 2 is 2.25 bits per heavy atom. The van der Waals surface area contributed by atoms with E-state index in [4.69, 9.17) is 11.6 Å². The van der Waals surface area contributed by atoms with Crippen LogP contribution in [0.3, 0.4) is 0 Å². The van der Waals surface area contributed by atoms with Crippen molar-refractivity contribution in [2.45, 2.75) is 25.9 Å². The van der Waals surface area contributed by atoms with Crippen molar-refractivity contribution < 1.29 is 4.39 Å². The Morgan fingerprint density at radius 1 is 1.50 bits per heavy atom. The van der Waals surface area contributed by atoms with Gasteiger partial charge in [-0.25, -0.2) is 4.39 Å². The van der Waals surface area contributed by atoms with Gasteiger partial charge in [0.15, 0.2) is 0 Å². The zero-order valence-corrected chi connectivity index (χ0v) is 14.2. The number of rotatable bonds is 5. The lowest BCUT2D eigenvalue weighted by molar-refractivity contribution is 0.533. The summed E-state index contributed by atoms with van der Waals surface area (Å²) in [6.07, 6.45) is 2.63. The van der Waals surface area contributed by atoms with Crippen molar-refractivity contribution in [3.8, 4) is 0 Å². The number of nitrogens with zero attached hydrogens (tertiary/aromatic N) is 2. The second kappa shape index (κ2) is 6.87. The number of nitrogens with one attached hydrogen (secondary N) is 1. The van der Waals surface area contributed by atoms with Crippen molar-refractivity contribution >= 4 is 34.2 Å². The lowest BCUT2D eigenvalue weighted by Gasteiger charge is -2.20. The highest BCUT2D eigenvalue weighted by molar-refractivity contribution is 14.1. The number of aryl methyl sites for hydroxylation is 1. The normalized spacial score (nSPS) is 12.7. The van der Waals surface area contributed by atoms with E-state index >= 15 is 0 Å². The van der Waals surface area contributed by atoms with Crippen LogP contribution in [-0.4, -0.2) is 16.8 Å². The van der Waals surface area contributed by atoms with Crippen LogP contribution in [0.1, 0.15) is 30.6 Å². The second-order valence-electron chi connectivity index (χ2n) is 4.49. The molecule has 0 radical (unpaired) electrons. The molecule has 3 nitrogen and oxygen atoms in total. The van der Waals surface area contributed by atoms with Gasteiger partial charge >= 0.3 is 0 Å². The van der Waals surface area contributed by atoms with Gasteiger partial charge in [-0.3, -0.25) is 4.68 Å². The molecule has 0 aliphatic carbocycles. The number of halogens is 3. The van der Waals surface area contributed by atoms with E-state index in [-0.39, 0.29) is 11.9 Å². The third-order valence-corrected chi connectivity index (χ3v) is 4.33. The third-order valence-electron chi connectivity index (χ3n) is 3.10. The number of aromatic nitrogens is 2. The summed E-state index contributed by atoms with van der Waals surface area (Å²) in [7, 11) is 1.86. The molecular formula is C14H16ClFIN3. The molecule has 6 heteroatoms. The average Bonchev–Trinajstić information content (AvgIpc) is 2.75. The summed E-state index contributed by atoms with van der Waals surface area (Å²) in [6.45, 7) is 2.90. The van der Waals surface area contributed by atoms with Gasteiger partial charge < -0.3 is 5.32 Å². The first-order chi connectivity index (χ1) is 9.58. The highest BCUT2D eigenvalue weighted by Gasteiger charge is 2.22. The molecule has 2 aromatic rings. The predicted octanol–water partition coefficient (Wildman–Crippen LogP) is 4.00. The van der Waals surface area contributed by atoms with Gasteiger partial charge in [-0.05, 0) is 53.8 Å². The minimum atomic E-state index is -0.235. The molecule has 1 heterocycles. The van der Waals surface area contributed by atoms with Crippen LogP contribution in [0.2, 0.25) is 5.02 Å². The third kappa shape index (κ3) is 3.15. The fourth-order valence-corrected chi connectivity index (χ4v) is 3.26. The van der Waals surface area contributed by atoms with Crippen molar-refractivity contribution in [3.05, 3.63) is 50.1 Å². The summed E-state index contributed by atoms with van der Waals surface area (Å²) >= 11 is 8.43. The van der Waals surface area contributed by atoms with Crippen LogP contribution < -0.4 is 5.32 Å². The maximum Gasteiger partial charge on any atom is 0.124 e. The van der Waals surface area contributed by atoms with Crippen LogP contribution in [-0.2, 0) is 6.54 Å². The average molecular weight is 408 g/mol. The molecule has 1 N–H and O–H groups in total. The molecule has 1 unspecified atom stereocenters. The molecule has 0 saturated carbocycles. The van der Waals surface area contributed by atoms with Gasteiger partial charge in [0, 0.05) is 10.1 Å². The topological polar surface area (TPSA) is 29.9 Å². The SMILES string of the molecule is CCCn1ncc(Cl)c1C(NC)c1ccc(F)cc1I. The summed E-state index contributed by atoms with van der Waals surface area (Å²) in [4.78, 5) is 0. The molecule has 1 atom stereocenters. The van der Waals surface area contributed by atoms with Crippen LogP contribution in [0.5, 0.6) is 0 Å². The molecule has 1 aromatic heterocycles. The van der Waals surface area contributed by atoms with E-state index in [9.17, 15) is 4.39 Å². The Labute approximate surface area is 136 Å². The summed E-state index contributed by atoms with van der Waals surface area (Å²) in [6, 6.07) is 4.67. The smallest absolute Gasteiger partial charge is 0.124 e. The Kier molecular flexibility index (Phi) is 5.40. The first kappa shape index (κ1) is 15.7. The molecular weight excluding hydrogens is 392 g/mol. The minimum absolute atomic E-state index is 0.107. The van der Waals surface area contributed by atoms with E-state index in [1.54, 1.807) is 12.3 Å². The summed E-state index contributed by atoms with van der Waals surface area (Å²) in [5.41, 5.74) is 1.91. The van der Waals surface area contributed by atoms with E-state index in [2.05, 4.69) is 39.9 Å². The second-order valence-corrected chi connectivity index (χ2v) is 6.06. The monoisotopic (exact) mass is 407 g/mol. The van der Waals surface area contributed by atoms with Gasteiger partial charge in [-0.15, -0.1) is 0 Å². The standard InChI is InChI=1S/C14H16ClFIN3/c1-3-6-20-14(11(15)8-19-20)13(18-2)10-5-4-9(16)7-12(10)17/h4-5,7-8,13,18H,3,6H2,1-2H3. The van der Waals surface area contributed by atoms with Gasteiger partial charge in [0.1, 0.15) is 5.82 Å². The Hall–Kier alpha value is -0.660. The largest absolute Gasteiger partial charge is 0.308 e. The lowest BCUT2D eigenvalue weighted by Crippen LogP contribution is -2.23. The quantitative estimate of drug-likeness (QED) is 0.759. The molecule has 0 aliphatic rings. The molecule has 0 saturated heterocycles. The molecule has 20 heavy (non-hydrogen) atoms. The molecule has 2 rings (SSSR count). The van der Waals surface area contributed by atoms with E-state index in [0.717, 1.165) is 27.8 Å². The lowest BCUT2D eigenvalue weighted by atomic mass is 10.0. The van der Waals surface area contributed by atoms with Crippen LogP contribution in [0.15, 0.2) is 24.4 Å². The van der Waals surface area contributed by atoms with Gasteiger partial charge in [0.25, 0.3) is 0 Å². The Balaban J connectivity index is 2.49. The summed E-state index contributed by atoms with van der Waals surface area (Å²) in [5, 5.41) is 8.19. The van der Waals surface area contributed by atoms with Crippen LogP contribution in [0.4, 0.5) is 4.39 Å². The summed E-state index contributed by atoms with van der Waals surface area (Å²) in [5.74, 6) is -0.235. The zero-order valence-electron chi connectivity index (χ0n) is 11.3. The van der Waals surface area contributed by atoms with Crippen LogP contribution >= 0.6 is 34.2 Å². The predicted molar refractivity (Wildman–Crippen MR) is 87.5 cm³/mol. The fourth-order valence-electron chi connectivity index (χ4n) is 2.22. The number of benzene rings is 1. The van der Waals surface area contributed by atoms with Crippen LogP contribution in [0, 0.1) is 9.39 Å². The fraction of sp³-hybridized carbons (Fsp3) is 0.357. The zero-order chi connectivity index (χ0) is 14.7.